The highest BCUT2D eigenvalue weighted by Crippen LogP contribution is 2.20. The zero-order valence-corrected chi connectivity index (χ0v) is 12.0. The Bertz CT molecular complexity index is 336. The summed E-state index contributed by atoms with van der Waals surface area (Å²) in [7, 11) is 0. The van der Waals surface area contributed by atoms with Gasteiger partial charge < -0.3 is 10.2 Å². The molecule has 0 atom stereocenters. The fraction of sp³-hybridized carbons (Fsp3) is 0.545. The summed E-state index contributed by atoms with van der Waals surface area (Å²) in [5.74, 6) is 0.00843. The largest absolute Gasteiger partial charge is 0.351 e. The van der Waals surface area contributed by atoms with Crippen LogP contribution in [0.15, 0.2) is 15.2 Å². The molecule has 0 unspecified atom stereocenters. The average molecular weight is 305 g/mol. The van der Waals surface area contributed by atoms with E-state index < -0.39 is 0 Å². The number of rotatable bonds is 6. The summed E-state index contributed by atoms with van der Waals surface area (Å²) in [6.07, 6.45) is 0. The Morgan fingerprint density at radius 1 is 1.50 bits per heavy atom. The second kappa shape index (κ2) is 7.04. The number of nitrogens with one attached hydrogen (secondary N) is 1. The molecule has 1 aromatic rings. The second-order valence-electron chi connectivity index (χ2n) is 3.42. The van der Waals surface area contributed by atoms with Crippen LogP contribution in [-0.4, -0.2) is 37.0 Å². The fourth-order valence-electron chi connectivity index (χ4n) is 1.40. The molecule has 3 nitrogen and oxygen atoms in total. The van der Waals surface area contributed by atoms with Crippen LogP contribution in [0.25, 0.3) is 0 Å². The van der Waals surface area contributed by atoms with Gasteiger partial charge in [-0.25, -0.2) is 0 Å². The van der Waals surface area contributed by atoms with Crippen molar-refractivity contribution in [2.45, 2.75) is 13.8 Å². The van der Waals surface area contributed by atoms with Crippen molar-refractivity contribution in [3.8, 4) is 0 Å². The van der Waals surface area contributed by atoms with Crippen molar-refractivity contribution in [1.29, 1.82) is 0 Å². The van der Waals surface area contributed by atoms with E-state index in [0.29, 0.717) is 6.54 Å². The molecule has 0 aromatic carbocycles. The molecule has 0 aliphatic heterocycles. The Labute approximate surface area is 109 Å². The molecule has 1 rings (SSSR count). The van der Waals surface area contributed by atoms with Crippen LogP contribution < -0.4 is 5.32 Å². The van der Waals surface area contributed by atoms with Crippen LogP contribution in [0.3, 0.4) is 0 Å². The first kappa shape index (κ1) is 13.7. The van der Waals surface area contributed by atoms with E-state index in [1.54, 1.807) is 0 Å². The van der Waals surface area contributed by atoms with Gasteiger partial charge in [0.25, 0.3) is 5.91 Å². The summed E-state index contributed by atoms with van der Waals surface area (Å²) in [5.41, 5.74) is 0.733. The Morgan fingerprint density at radius 3 is 2.69 bits per heavy atom. The Morgan fingerprint density at radius 2 is 2.19 bits per heavy atom. The lowest BCUT2D eigenvalue weighted by molar-refractivity contribution is 0.0949. The number of thiophene rings is 1. The highest BCUT2D eigenvalue weighted by molar-refractivity contribution is 9.11. The van der Waals surface area contributed by atoms with Crippen LogP contribution in [0.1, 0.15) is 24.2 Å². The summed E-state index contributed by atoms with van der Waals surface area (Å²) in [5, 5.41) is 4.77. The molecule has 0 aliphatic carbocycles. The standard InChI is InChI=1S/C11H17BrN2OS/c1-3-14(4-2)6-5-13-11(15)9-7-10(12)16-8-9/h7-8H,3-6H2,1-2H3,(H,13,15). The van der Waals surface area contributed by atoms with Gasteiger partial charge in [-0.3, -0.25) is 4.79 Å². The van der Waals surface area contributed by atoms with Crippen LogP contribution >= 0.6 is 27.3 Å². The zero-order valence-electron chi connectivity index (χ0n) is 9.62. The van der Waals surface area contributed by atoms with Crippen LogP contribution in [0.5, 0.6) is 0 Å². The zero-order chi connectivity index (χ0) is 12.0. The fourth-order valence-corrected chi connectivity index (χ4v) is 2.54. The predicted molar refractivity (Wildman–Crippen MR) is 72.1 cm³/mol. The van der Waals surface area contributed by atoms with E-state index in [9.17, 15) is 4.79 Å². The van der Waals surface area contributed by atoms with Crippen molar-refractivity contribution >= 4 is 33.2 Å². The number of nitrogens with zero attached hydrogens (tertiary/aromatic N) is 1. The van der Waals surface area contributed by atoms with Crippen LogP contribution in [0.2, 0.25) is 0 Å². The lowest BCUT2D eigenvalue weighted by Gasteiger charge is -2.17. The minimum absolute atomic E-state index is 0.00843. The predicted octanol–water partition coefficient (Wildman–Crippen LogP) is 2.58. The number of hydrogen-bond acceptors (Lipinski definition) is 3. The number of carbonyl (C=O) groups excluding carboxylic acids is 1. The van der Waals surface area contributed by atoms with Crippen LogP contribution in [0.4, 0.5) is 0 Å². The molecule has 0 saturated carbocycles. The molecule has 16 heavy (non-hydrogen) atoms. The summed E-state index contributed by atoms with van der Waals surface area (Å²) >= 11 is 4.87. The Kier molecular flexibility index (Phi) is 6.01. The molecule has 1 N–H and O–H groups in total. The quantitative estimate of drug-likeness (QED) is 0.876. The van der Waals surface area contributed by atoms with Gasteiger partial charge >= 0.3 is 0 Å². The van der Waals surface area contributed by atoms with Crippen LogP contribution in [-0.2, 0) is 0 Å². The van der Waals surface area contributed by atoms with Gasteiger partial charge in [0.05, 0.1) is 9.35 Å². The topological polar surface area (TPSA) is 32.3 Å². The van der Waals surface area contributed by atoms with Gasteiger partial charge in [-0.2, -0.15) is 0 Å². The van der Waals surface area contributed by atoms with E-state index in [-0.39, 0.29) is 5.91 Å². The van der Waals surface area contributed by atoms with E-state index in [2.05, 4.69) is 40.0 Å². The van der Waals surface area contributed by atoms with E-state index in [4.69, 9.17) is 0 Å². The van der Waals surface area contributed by atoms with Gasteiger partial charge in [0.2, 0.25) is 0 Å². The third-order valence-electron chi connectivity index (χ3n) is 2.44. The number of amides is 1. The minimum atomic E-state index is 0.00843. The number of likely N-dealkylation sites (N-methyl/N-ethyl adjacent to an activating group) is 1. The molecule has 5 heteroatoms. The Hall–Kier alpha value is -0.390. The second-order valence-corrected chi connectivity index (χ2v) is 5.71. The first-order valence-corrected chi connectivity index (χ1v) is 7.09. The third kappa shape index (κ3) is 4.23. The monoisotopic (exact) mass is 304 g/mol. The van der Waals surface area contributed by atoms with Crippen molar-refractivity contribution in [2.24, 2.45) is 0 Å². The minimum Gasteiger partial charge on any atom is -0.351 e. The lowest BCUT2D eigenvalue weighted by atomic mass is 10.3. The number of carbonyl (C=O) groups is 1. The molecular weight excluding hydrogens is 288 g/mol. The molecule has 1 amide bonds. The molecule has 0 spiro atoms. The maximum absolute atomic E-state index is 11.7. The molecule has 90 valence electrons. The molecular formula is C11H17BrN2OS. The molecule has 0 radical (unpaired) electrons. The molecule has 0 aliphatic rings. The van der Waals surface area contributed by atoms with Crippen LogP contribution in [0, 0.1) is 0 Å². The van der Waals surface area contributed by atoms with E-state index in [1.165, 1.54) is 11.3 Å². The first-order valence-electron chi connectivity index (χ1n) is 5.42. The van der Waals surface area contributed by atoms with Crippen molar-refractivity contribution in [2.75, 3.05) is 26.2 Å². The third-order valence-corrected chi connectivity index (χ3v) is 3.94. The van der Waals surface area contributed by atoms with E-state index in [1.807, 2.05) is 11.4 Å². The van der Waals surface area contributed by atoms with Gasteiger partial charge in [0.15, 0.2) is 0 Å². The Balaban J connectivity index is 2.30. The van der Waals surface area contributed by atoms with Gasteiger partial charge in [-0.15, -0.1) is 11.3 Å². The summed E-state index contributed by atoms with van der Waals surface area (Å²) < 4.78 is 0.987. The van der Waals surface area contributed by atoms with Gasteiger partial charge in [0, 0.05) is 18.5 Å². The van der Waals surface area contributed by atoms with Gasteiger partial charge in [-0.1, -0.05) is 13.8 Å². The smallest absolute Gasteiger partial charge is 0.252 e. The van der Waals surface area contributed by atoms with E-state index >= 15 is 0 Å². The number of halogens is 1. The molecule has 0 bridgehead atoms. The van der Waals surface area contributed by atoms with Crippen molar-refractivity contribution in [1.82, 2.24) is 10.2 Å². The maximum Gasteiger partial charge on any atom is 0.252 e. The van der Waals surface area contributed by atoms with Crippen molar-refractivity contribution in [3.05, 3.63) is 20.8 Å². The molecule has 0 saturated heterocycles. The number of hydrogen-bond donors (Lipinski definition) is 1. The average Bonchev–Trinajstić information content (AvgIpc) is 2.71. The van der Waals surface area contributed by atoms with Gasteiger partial charge in [-0.05, 0) is 35.1 Å². The lowest BCUT2D eigenvalue weighted by Crippen LogP contribution is -2.34. The van der Waals surface area contributed by atoms with Gasteiger partial charge in [0.1, 0.15) is 0 Å². The summed E-state index contributed by atoms with van der Waals surface area (Å²) in [6, 6.07) is 1.84. The molecule has 1 aromatic heterocycles. The summed E-state index contributed by atoms with van der Waals surface area (Å²) in [6.45, 7) is 7.91. The molecule has 0 fully saturated rings. The summed E-state index contributed by atoms with van der Waals surface area (Å²) in [4.78, 5) is 14.0. The van der Waals surface area contributed by atoms with Crippen molar-refractivity contribution < 1.29 is 4.79 Å². The normalized spacial score (nSPS) is 10.8. The van der Waals surface area contributed by atoms with E-state index in [0.717, 1.165) is 29.0 Å². The SMILES string of the molecule is CCN(CC)CCNC(=O)c1csc(Br)c1. The highest BCUT2D eigenvalue weighted by atomic mass is 79.9. The highest BCUT2D eigenvalue weighted by Gasteiger charge is 2.07. The maximum atomic E-state index is 11.7. The first-order chi connectivity index (χ1) is 7.67. The molecule has 1 heterocycles. The van der Waals surface area contributed by atoms with Crippen molar-refractivity contribution in [3.63, 3.8) is 0 Å².